The summed E-state index contributed by atoms with van der Waals surface area (Å²) in [6, 6.07) is 8.55. The average molecular weight is 478 g/mol. The lowest BCUT2D eigenvalue weighted by Gasteiger charge is -2.49. The topological polar surface area (TPSA) is 58.7 Å². The van der Waals surface area contributed by atoms with Gasteiger partial charge in [0, 0.05) is 23.5 Å². The Labute approximate surface area is 196 Å². The van der Waals surface area contributed by atoms with Crippen LogP contribution in [-0.2, 0) is 3.84 Å². The molecule has 0 spiro atoms. The zero-order chi connectivity index (χ0) is 21.6. The third-order valence-electron chi connectivity index (χ3n) is 7.60. The smallest absolute Gasteiger partial charge is 0.0832 e. The van der Waals surface area contributed by atoms with E-state index in [1.54, 1.807) is 0 Å². The Bertz CT molecular complexity index is 657. The minimum atomic E-state index is -0.608. The van der Waals surface area contributed by atoms with E-state index >= 15 is 0 Å². The Morgan fingerprint density at radius 2 is 1.77 bits per heavy atom. The van der Waals surface area contributed by atoms with Crippen molar-refractivity contribution < 1.29 is 8.95 Å². The van der Waals surface area contributed by atoms with Gasteiger partial charge >= 0.3 is 0 Å². The van der Waals surface area contributed by atoms with Crippen LogP contribution in [0.3, 0.4) is 0 Å². The molecule has 2 aliphatic carbocycles. The first-order valence-corrected chi connectivity index (χ1v) is 12.3. The molecule has 4 atom stereocenters. The molecule has 4 rings (SSSR count). The van der Waals surface area contributed by atoms with Gasteiger partial charge in [-0.1, -0.05) is 49.4 Å². The molecule has 7 heteroatoms. The standard InChI is InChI=1S/C23H35ClN2O.Cl2O/c24-20-7-3-6-18(14-20)22(16-26-12-9-21(25)10-13-26)23(27)11-8-17-4-1-2-5-19(17)15-23;1-3-2/h3,6-7,14,17,19,21-22,27H,1-2,4-5,8-13,15-16,25H2;. The first-order valence-electron chi connectivity index (χ1n) is 11.3. The van der Waals surface area contributed by atoms with Crippen molar-refractivity contribution >= 4 is 35.3 Å². The zero-order valence-corrected chi connectivity index (χ0v) is 19.9. The number of benzene rings is 1. The molecule has 2 saturated carbocycles. The van der Waals surface area contributed by atoms with E-state index in [0.717, 1.165) is 56.3 Å². The fourth-order valence-electron chi connectivity index (χ4n) is 5.94. The maximum Gasteiger partial charge on any atom is 0.0832 e. The lowest BCUT2D eigenvalue weighted by atomic mass is 9.61. The molecule has 1 aliphatic heterocycles. The molecule has 1 heterocycles. The second kappa shape index (κ2) is 11.7. The van der Waals surface area contributed by atoms with E-state index in [4.69, 9.17) is 17.3 Å². The van der Waals surface area contributed by atoms with Gasteiger partial charge in [0.25, 0.3) is 0 Å². The van der Waals surface area contributed by atoms with Gasteiger partial charge in [-0.25, -0.2) is 0 Å². The predicted octanol–water partition coefficient (Wildman–Crippen LogP) is 5.88. The molecular weight excluding hydrogens is 443 g/mol. The van der Waals surface area contributed by atoms with Gasteiger partial charge in [0.1, 0.15) is 0 Å². The number of hydrogen-bond acceptors (Lipinski definition) is 4. The summed E-state index contributed by atoms with van der Waals surface area (Å²) in [5, 5.41) is 12.7. The van der Waals surface area contributed by atoms with Gasteiger partial charge in [0.05, 0.1) is 29.3 Å². The molecule has 170 valence electrons. The number of nitrogens with zero attached hydrogens (tertiary/aromatic N) is 1. The SMILES string of the molecule is ClOCl.NC1CCN(CC(c2cccc(Cl)c2)C2(O)CCC3CCCCC3C2)CC1. The number of likely N-dealkylation sites (tertiary alicyclic amines) is 1. The Morgan fingerprint density at radius 1 is 1.10 bits per heavy atom. The van der Waals surface area contributed by atoms with E-state index in [2.05, 4.69) is 44.6 Å². The highest BCUT2D eigenvalue weighted by molar-refractivity contribution is 6.30. The summed E-state index contributed by atoms with van der Waals surface area (Å²) in [6.45, 7) is 3.00. The van der Waals surface area contributed by atoms with Crippen molar-refractivity contribution in [3.8, 4) is 0 Å². The summed E-state index contributed by atoms with van der Waals surface area (Å²) in [5.74, 6) is 1.68. The van der Waals surface area contributed by atoms with E-state index in [1.807, 2.05) is 12.1 Å². The molecule has 3 aliphatic rings. The molecule has 4 unspecified atom stereocenters. The van der Waals surface area contributed by atoms with E-state index < -0.39 is 5.60 Å². The van der Waals surface area contributed by atoms with Crippen molar-refractivity contribution in [3.63, 3.8) is 0 Å². The summed E-state index contributed by atoms with van der Waals surface area (Å²) in [6.07, 6.45) is 10.6. The summed E-state index contributed by atoms with van der Waals surface area (Å²) < 4.78 is 3.19. The Hall–Kier alpha value is -0.0700. The number of nitrogens with two attached hydrogens (primary N) is 1. The van der Waals surface area contributed by atoms with Crippen molar-refractivity contribution in [1.82, 2.24) is 4.90 Å². The summed E-state index contributed by atoms with van der Waals surface area (Å²) in [5.41, 5.74) is 6.70. The van der Waals surface area contributed by atoms with Gasteiger partial charge in [-0.15, -0.1) is 0 Å². The minimum absolute atomic E-state index is 0.133. The Balaban J connectivity index is 0.000000806. The molecule has 3 fully saturated rings. The molecule has 1 aromatic rings. The van der Waals surface area contributed by atoms with Gasteiger partial charge in [-0.2, -0.15) is 3.84 Å². The molecule has 1 aromatic carbocycles. The molecule has 0 amide bonds. The molecule has 0 radical (unpaired) electrons. The quantitative estimate of drug-likeness (QED) is 0.568. The number of aliphatic hydroxyl groups is 1. The van der Waals surface area contributed by atoms with Gasteiger partial charge in [0.15, 0.2) is 0 Å². The maximum atomic E-state index is 11.9. The highest BCUT2D eigenvalue weighted by Gasteiger charge is 2.46. The van der Waals surface area contributed by atoms with Gasteiger partial charge in [-0.05, 0) is 74.7 Å². The van der Waals surface area contributed by atoms with Crippen molar-refractivity contribution in [2.45, 2.75) is 75.3 Å². The fraction of sp³-hybridized carbons (Fsp3) is 0.739. The van der Waals surface area contributed by atoms with E-state index in [9.17, 15) is 5.11 Å². The van der Waals surface area contributed by atoms with E-state index in [0.29, 0.717) is 12.0 Å². The molecule has 1 saturated heterocycles. The number of rotatable bonds is 4. The van der Waals surface area contributed by atoms with Crippen LogP contribution in [0.2, 0.25) is 5.02 Å². The fourth-order valence-corrected chi connectivity index (χ4v) is 6.14. The van der Waals surface area contributed by atoms with Gasteiger partial charge in [0.2, 0.25) is 0 Å². The average Bonchev–Trinajstić information content (AvgIpc) is 2.73. The van der Waals surface area contributed by atoms with E-state index in [1.165, 1.54) is 37.7 Å². The van der Waals surface area contributed by atoms with Crippen molar-refractivity contribution in [3.05, 3.63) is 34.9 Å². The maximum absolute atomic E-state index is 11.9. The summed E-state index contributed by atoms with van der Waals surface area (Å²) in [4.78, 5) is 2.51. The summed E-state index contributed by atoms with van der Waals surface area (Å²) in [7, 11) is 0. The first-order chi connectivity index (χ1) is 14.4. The molecule has 0 bridgehead atoms. The first kappa shape index (κ1) is 24.6. The Kier molecular flexibility index (Phi) is 9.58. The third kappa shape index (κ3) is 6.48. The molecule has 3 N–H and O–H groups in total. The van der Waals surface area contributed by atoms with Crippen LogP contribution in [-0.4, -0.2) is 41.3 Å². The summed E-state index contributed by atoms with van der Waals surface area (Å²) >= 11 is 14.9. The van der Waals surface area contributed by atoms with E-state index in [-0.39, 0.29) is 5.92 Å². The number of halogens is 3. The van der Waals surface area contributed by atoms with Crippen LogP contribution in [0.25, 0.3) is 0 Å². The Morgan fingerprint density at radius 3 is 2.43 bits per heavy atom. The zero-order valence-electron chi connectivity index (χ0n) is 17.6. The van der Waals surface area contributed by atoms with Crippen molar-refractivity contribution in [1.29, 1.82) is 0 Å². The normalized spacial score (nSPS) is 31.4. The molecule has 30 heavy (non-hydrogen) atoms. The largest absolute Gasteiger partial charge is 0.389 e. The van der Waals surface area contributed by atoms with Crippen LogP contribution in [0.4, 0.5) is 0 Å². The third-order valence-corrected chi connectivity index (χ3v) is 7.84. The van der Waals surface area contributed by atoms with Gasteiger partial charge < -0.3 is 15.7 Å². The second-order valence-electron chi connectivity index (χ2n) is 9.45. The van der Waals surface area contributed by atoms with Crippen molar-refractivity contribution in [2.75, 3.05) is 19.6 Å². The van der Waals surface area contributed by atoms with Gasteiger partial charge in [-0.3, -0.25) is 0 Å². The highest BCUT2D eigenvalue weighted by atomic mass is 35.6. The number of piperidine rings is 1. The number of hydrogen-bond donors (Lipinski definition) is 2. The lowest BCUT2D eigenvalue weighted by Crippen LogP contribution is -2.50. The molecule has 4 nitrogen and oxygen atoms in total. The van der Waals surface area contributed by atoms with Crippen molar-refractivity contribution in [2.24, 2.45) is 17.6 Å². The van der Waals surface area contributed by atoms with Crippen LogP contribution in [0, 0.1) is 11.8 Å². The predicted molar refractivity (Wildman–Crippen MR) is 125 cm³/mol. The van der Waals surface area contributed by atoms with Crippen LogP contribution in [0.15, 0.2) is 24.3 Å². The highest BCUT2D eigenvalue weighted by Crippen LogP contribution is 2.49. The van der Waals surface area contributed by atoms with Crippen LogP contribution in [0.5, 0.6) is 0 Å². The number of fused-ring (bicyclic) bond motifs is 1. The second-order valence-corrected chi connectivity index (χ2v) is 10.4. The minimum Gasteiger partial charge on any atom is -0.389 e. The lowest BCUT2D eigenvalue weighted by molar-refractivity contribution is -0.0715. The van der Waals surface area contributed by atoms with Crippen LogP contribution in [0.1, 0.15) is 69.3 Å². The van der Waals surface area contributed by atoms with Crippen LogP contribution >= 0.6 is 35.3 Å². The molecule has 0 aromatic heterocycles. The van der Waals surface area contributed by atoms with Crippen LogP contribution < -0.4 is 5.73 Å². The molecular formula is C23H35Cl3N2O2. The monoisotopic (exact) mass is 476 g/mol.